The molecule has 3 unspecified atom stereocenters. The monoisotopic (exact) mass is 372 g/mol. The molecule has 0 aromatic carbocycles. The number of carbonyl (C=O) groups excluding carboxylic acids is 2. The van der Waals surface area contributed by atoms with E-state index in [1.54, 1.807) is 0 Å². The number of rotatable bonds is 4. The molecule has 2 saturated heterocycles. The smallest absolute Gasteiger partial charge is 0.306 e. The van der Waals surface area contributed by atoms with Crippen LogP contribution in [0.4, 0.5) is 0 Å². The van der Waals surface area contributed by atoms with Crippen molar-refractivity contribution >= 4 is 11.9 Å². The summed E-state index contributed by atoms with van der Waals surface area (Å²) in [5, 5.41) is 14.4. The molecule has 2 heterocycles. The van der Waals surface area contributed by atoms with Gasteiger partial charge in [-0.05, 0) is 0 Å². The summed E-state index contributed by atoms with van der Waals surface area (Å²) in [7, 11) is 0. The van der Waals surface area contributed by atoms with E-state index in [0.717, 1.165) is 52.4 Å². The third kappa shape index (κ3) is 6.17. The van der Waals surface area contributed by atoms with Crippen LogP contribution in [-0.2, 0) is 19.1 Å². The molecule has 9 heteroatoms. The van der Waals surface area contributed by atoms with E-state index in [9.17, 15) is 14.7 Å². The number of nitrogens with one attached hydrogen (secondary N) is 1. The van der Waals surface area contributed by atoms with Crippen molar-refractivity contribution in [2.45, 2.75) is 32.8 Å². The topological polar surface area (TPSA) is 94.6 Å². The van der Waals surface area contributed by atoms with Crippen LogP contribution in [0.15, 0.2) is 0 Å². The Morgan fingerprint density at radius 1 is 0.885 bits per heavy atom. The number of nitrogens with zero attached hydrogens (tertiary/aromatic N) is 3. The highest BCUT2D eigenvalue weighted by Crippen LogP contribution is 2.22. The number of fused-ring (bicyclic) bond motifs is 3. The summed E-state index contributed by atoms with van der Waals surface area (Å²) in [5.74, 6) is -2.96. The molecule has 0 aromatic heterocycles. The zero-order valence-electron chi connectivity index (χ0n) is 16.1. The Kier molecular flexibility index (Phi) is 7.78. The molecule has 2 rings (SSSR count). The number of hydrogen-bond donors (Lipinski definition) is 2. The maximum absolute atomic E-state index is 11.5. The molecule has 0 radical (unpaired) electrons. The number of aliphatic hydroxyl groups is 1. The Labute approximate surface area is 155 Å². The van der Waals surface area contributed by atoms with Crippen molar-refractivity contribution in [2.75, 3.05) is 65.4 Å². The Balaban J connectivity index is 2.14. The van der Waals surface area contributed by atoms with Crippen LogP contribution >= 0.6 is 0 Å². The molecule has 2 fully saturated rings. The van der Waals surface area contributed by atoms with Crippen LogP contribution < -0.4 is 5.32 Å². The lowest BCUT2D eigenvalue weighted by atomic mass is 10.2. The summed E-state index contributed by atoms with van der Waals surface area (Å²) in [6.07, 6.45) is -1.24. The van der Waals surface area contributed by atoms with Crippen molar-refractivity contribution in [3.63, 3.8) is 0 Å². The highest BCUT2D eigenvalue weighted by Gasteiger charge is 2.43. The predicted octanol–water partition coefficient (Wildman–Crippen LogP) is -1.33. The second-order valence-electron chi connectivity index (χ2n) is 7.05. The quantitative estimate of drug-likeness (QED) is 0.460. The first-order valence-electron chi connectivity index (χ1n) is 9.27. The maximum Gasteiger partial charge on any atom is 0.306 e. The van der Waals surface area contributed by atoms with Gasteiger partial charge in [0.1, 0.15) is 0 Å². The van der Waals surface area contributed by atoms with Crippen molar-refractivity contribution in [1.29, 1.82) is 0 Å². The molecule has 150 valence electrons. The summed E-state index contributed by atoms with van der Waals surface area (Å²) in [6, 6.07) is 0. The van der Waals surface area contributed by atoms with E-state index in [0.29, 0.717) is 13.1 Å². The van der Waals surface area contributed by atoms with E-state index in [2.05, 4.69) is 15.1 Å². The van der Waals surface area contributed by atoms with E-state index >= 15 is 0 Å². The average Bonchev–Trinajstić information content (AvgIpc) is 2.70. The molecule has 9 nitrogen and oxygen atoms in total. The fourth-order valence-corrected chi connectivity index (χ4v) is 3.48. The summed E-state index contributed by atoms with van der Waals surface area (Å²) in [5.41, 5.74) is 0. The summed E-state index contributed by atoms with van der Waals surface area (Å²) in [4.78, 5) is 29.5. The van der Waals surface area contributed by atoms with Crippen molar-refractivity contribution in [3.8, 4) is 0 Å². The third-order valence-corrected chi connectivity index (χ3v) is 4.86. The first-order chi connectivity index (χ1) is 12.3. The molecule has 2 aliphatic heterocycles. The van der Waals surface area contributed by atoms with Crippen molar-refractivity contribution in [3.05, 3.63) is 0 Å². The molecule has 26 heavy (non-hydrogen) atoms. The Bertz CT molecular complexity index is 456. The molecule has 0 aliphatic carbocycles. The van der Waals surface area contributed by atoms with E-state index in [4.69, 9.17) is 9.47 Å². The van der Waals surface area contributed by atoms with E-state index in [1.807, 2.05) is 4.90 Å². The minimum atomic E-state index is -1.74. The Morgan fingerprint density at radius 3 is 1.73 bits per heavy atom. The van der Waals surface area contributed by atoms with Crippen LogP contribution in [0.2, 0.25) is 0 Å². The lowest BCUT2D eigenvalue weighted by molar-refractivity contribution is -0.277. The number of hydrogen-bond acceptors (Lipinski definition) is 9. The van der Waals surface area contributed by atoms with Crippen LogP contribution in [0.5, 0.6) is 0 Å². The van der Waals surface area contributed by atoms with Crippen molar-refractivity contribution < 1.29 is 24.2 Å². The van der Waals surface area contributed by atoms with Gasteiger partial charge in [0.25, 0.3) is 5.79 Å². The highest BCUT2D eigenvalue weighted by atomic mass is 16.7. The van der Waals surface area contributed by atoms with Gasteiger partial charge in [-0.3, -0.25) is 24.3 Å². The number of carbonyl (C=O) groups is 2. The standard InChI is InChI=1S/C17H32N4O5/c1-14(22)25-17(3,26-15(2)23)16(24)21-12-10-19-6-4-18-5-7-20(9-8-19)11-13-21/h16,18,24H,4-13H2,1-3H3. The van der Waals surface area contributed by atoms with E-state index < -0.39 is 24.0 Å². The molecule has 0 amide bonds. The van der Waals surface area contributed by atoms with Gasteiger partial charge in [0.15, 0.2) is 6.23 Å². The first kappa shape index (κ1) is 21.0. The van der Waals surface area contributed by atoms with Gasteiger partial charge in [-0.2, -0.15) is 0 Å². The lowest BCUT2D eigenvalue weighted by Crippen LogP contribution is -2.57. The lowest BCUT2D eigenvalue weighted by Gasteiger charge is -2.39. The summed E-state index contributed by atoms with van der Waals surface area (Å²) >= 11 is 0. The minimum Gasteiger partial charge on any atom is -0.419 e. The largest absolute Gasteiger partial charge is 0.419 e. The van der Waals surface area contributed by atoms with Crippen LogP contribution in [-0.4, -0.2) is 109 Å². The summed E-state index contributed by atoms with van der Waals surface area (Å²) in [6.45, 7) is 12.4. The number of ether oxygens (including phenoxy) is 2. The SMILES string of the molecule is CC(=O)OC(C)(OC(C)=O)C(O)N1CCN2CCNCCN(CC2)CC1. The van der Waals surface area contributed by atoms with E-state index in [-0.39, 0.29) is 0 Å². The summed E-state index contributed by atoms with van der Waals surface area (Å²) < 4.78 is 10.4. The van der Waals surface area contributed by atoms with Crippen molar-refractivity contribution in [2.24, 2.45) is 0 Å². The fraction of sp³-hybridized carbons (Fsp3) is 0.882. The average molecular weight is 372 g/mol. The molecular weight excluding hydrogens is 340 g/mol. The Hall–Kier alpha value is -1.26. The molecule has 2 aliphatic rings. The fourth-order valence-electron chi connectivity index (χ4n) is 3.48. The van der Waals surface area contributed by atoms with Gasteiger partial charge in [-0.1, -0.05) is 0 Å². The molecule has 2 N–H and O–H groups in total. The molecular formula is C17H32N4O5. The normalized spacial score (nSPS) is 27.1. The maximum atomic E-state index is 11.5. The van der Waals surface area contributed by atoms with Gasteiger partial charge in [-0.15, -0.1) is 0 Å². The highest BCUT2D eigenvalue weighted by molar-refractivity contribution is 5.68. The van der Waals surface area contributed by atoms with Crippen LogP contribution in [0.25, 0.3) is 0 Å². The Morgan fingerprint density at radius 2 is 1.31 bits per heavy atom. The molecule has 0 saturated carbocycles. The van der Waals surface area contributed by atoms with E-state index in [1.165, 1.54) is 20.8 Å². The van der Waals surface area contributed by atoms with Gasteiger partial charge in [0.05, 0.1) is 0 Å². The third-order valence-electron chi connectivity index (χ3n) is 4.86. The molecule has 0 spiro atoms. The predicted molar refractivity (Wildman–Crippen MR) is 95.3 cm³/mol. The second kappa shape index (κ2) is 9.61. The number of aliphatic hydroxyl groups excluding tert-OH is 1. The van der Waals surface area contributed by atoms with Crippen LogP contribution in [0.1, 0.15) is 20.8 Å². The van der Waals surface area contributed by atoms with Gasteiger partial charge in [0, 0.05) is 86.2 Å². The van der Waals surface area contributed by atoms with Crippen LogP contribution in [0.3, 0.4) is 0 Å². The molecule has 3 atom stereocenters. The van der Waals surface area contributed by atoms with Gasteiger partial charge < -0.3 is 19.9 Å². The minimum absolute atomic E-state index is 0.590. The zero-order chi connectivity index (χ0) is 19.2. The second-order valence-corrected chi connectivity index (χ2v) is 7.05. The van der Waals surface area contributed by atoms with Gasteiger partial charge in [0.2, 0.25) is 0 Å². The van der Waals surface area contributed by atoms with Crippen LogP contribution in [0, 0.1) is 0 Å². The van der Waals surface area contributed by atoms with Gasteiger partial charge in [-0.25, -0.2) is 0 Å². The zero-order valence-corrected chi connectivity index (χ0v) is 16.1. The molecule has 2 bridgehead atoms. The molecule has 0 aromatic rings. The van der Waals surface area contributed by atoms with Crippen molar-refractivity contribution in [1.82, 2.24) is 20.0 Å². The first-order valence-corrected chi connectivity index (χ1v) is 9.27. The number of esters is 2. The van der Waals surface area contributed by atoms with Gasteiger partial charge >= 0.3 is 11.9 Å².